The molecule has 2 N–H and O–H groups in total. The van der Waals surface area contributed by atoms with E-state index in [-0.39, 0.29) is 12.1 Å². The number of unbranched alkanes of at least 4 members (excludes halogenated alkanes) is 2. The van der Waals surface area contributed by atoms with Crippen molar-refractivity contribution < 1.29 is 19.7 Å². The van der Waals surface area contributed by atoms with Gasteiger partial charge in [-0.1, -0.05) is 74.8 Å². The summed E-state index contributed by atoms with van der Waals surface area (Å²) >= 11 is 0. The van der Waals surface area contributed by atoms with Crippen molar-refractivity contribution in [1.29, 1.82) is 0 Å². The molecule has 0 bridgehead atoms. The van der Waals surface area contributed by atoms with Crippen LogP contribution in [-0.2, 0) is 9.53 Å². The highest BCUT2D eigenvalue weighted by Gasteiger charge is 2.03. The van der Waals surface area contributed by atoms with E-state index in [2.05, 4.69) is 11.7 Å². The molecule has 4 heteroatoms. The van der Waals surface area contributed by atoms with Crippen LogP contribution in [0, 0.1) is 0 Å². The first-order chi connectivity index (χ1) is 12.1. The largest absolute Gasteiger partial charge is 0.469 e. The molecule has 0 aromatic heterocycles. The van der Waals surface area contributed by atoms with Crippen LogP contribution in [0.2, 0.25) is 0 Å². The van der Waals surface area contributed by atoms with E-state index in [1.54, 1.807) is 12.2 Å². The highest BCUT2D eigenvalue weighted by molar-refractivity contribution is 5.68. The molecule has 0 aromatic rings. The Morgan fingerprint density at radius 2 is 1.64 bits per heavy atom. The number of hydrogen-bond acceptors (Lipinski definition) is 4. The molecule has 0 fully saturated rings. The predicted octanol–water partition coefficient (Wildman–Crippen LogP) is 4.25. The summed E-state index contributed by atoms with van der Waals surface area (Å²) in [6, 6.07) is 0. The molecule has 2 atom stereocenters. The van der Waals surface area contributed by atoms with Gasteiger partial charge in [0, 0.05) is 6.42 Å². The Kier molecular flexibility index (Phi) is 16.0. The predicted molar refractivity (Wildman–Crippen MR) is 103 cm³/mol. The lowest BCUT2D eigenvalue weighted by Gasteiger charge is -2.05. The minimum Gasteiger partial charge on any atom is -0.469 e. The number of allylic oxidation sites excluding steroid dienone is 6. The molecule has 0 spiro atoms. The van der Waals surface area contributed by atoms with E-state index in [0.717, 1.165) is 12.8 Å². The van der Waals surface area contributed by atoms with Gasteiger partial charge in [0.2, 0.25) is 0 Å². The van der Waals surface area contributed by atoms with Crippen molar-refractivity contribution in [2.45, 2.75) is 70.5 Å². The maximum absolute atomic E-state index is 10.9. The zero-order chi connectivity index (χ0) is 18.8. The fourth-order valence-electron chi connectivity index (χ4n) is 2.16. The first-order valence-corrected chi connectivity index (χ1v) is 9.19. The summed E-state index contributed by atoms with van der Waals surface area (Å²) in [6.45, 7) is 2.16. The first kappa shape index (κ1) is 23.4. The number of aliphatic hydroxyl groups excluding tert-OH is 2. The van der Waals surface area contributed by atoms with Gasteiger partial charge in [0.25, 0.3) is 0 Å². The lowest BCUT2D eigenvalue weighted by Crippen LogP contribution is -2.05. The molecule has 0 aliphatic rings. The third-order valence-corrected chi connectivity index (χ3v) is 3.68. The Morgan fingerprint density at radius 3 is 2.32 bits per heavy atom. The molecule has 142 valence electrons. The van der Waals surface area contributed by atoms with Crippen LogP contribution < -0.4 is 0 Å². The van der Waals surface area contributed by atoms with Gasteiger partial charge in [0.1, 0.15) is 0 Å². The van der Waals surface area contributed by atoms with Gasteiger partial charge < -0.3 is 14.9 Å². The Bertz CT molecular complexity index is 435. The van der Waals surface area contributed by atoms with Crippen LogP contribution in [0.1, 0.15) is 58.3 Å². The van der Waals surface area contributed by atoms with Crippen LogP contribution in [0.4, 0.5) is 0 Å². The average molecular weight is 350 g/mol. The lowest BCUT2D eigenvalue weighted by molar-refractivity contribution is -0.140. The van der Waals surface area contributed by atoms with E-state index < -0.39 is 6.10 Å². The maximum Gasteiger partial charge on any atom is 0.305 e. The number of hydrogen-bond donors (Lipinski definition) is 2. The Morgan fingerprint density at radius 1 is 0.960 bits per heavy atom. The second-order valence-corrected chi connectivity index (χ2v) is 6.00. The molecular formula is C21H34O4. The molecule has 0 aromatic carbocycles. The van der Waals surface area contributed by atoms with E-state index in [0.29, 0.717) is 25.7 Å². The molecule has 0 saturated carbocycles. The van der Waals surface area contributed by atoms with Crippen LogP contribution in [-0.4, -0.2) is 35.5 Å². The Balaban J connectivity index is 3.79. The fourth-order valence-corrected chi connectivity index (χ4v) is 2.16. The van der Waals surface area contributed by atoms with Crippen molar-refractivity contribution in [3.8, 4) is 0 Å². The molecule has 0 radical (unpaired) electrons. The van der Waals surface area contributed by atoms with E-state index in [1.807, 2.05) is 36.5 Å². The van der Waals surface area contributed by atoms with Gasteiger partial charge in [-0.3, -0.25) is 4.79 Å². The standard InChI is InChI=1S/C21H34O4/c1-3-4-10-14-19(22)15-11-8-6-5-7-9-12-16-20(23)17-13-18-21(24)25-2/h5-9,11-12,16,19-20,22-23H,3-4,10,13-15,17-18H2,1-2H3/b6-5-,9-7+,11-8+,16-12+/t19-,20-/m1/s1. The highest BCUT2D eigenvalue weighted by atomic mass is 16.5. The second-order valence-electron chi connectivity index (χ2n) is 6.00. The molecule has 0 aliphatic carbocycles. The molecule has 0 aliphatic heterocycles. The van der Waals surface area contributed by atoms with Crippen molar-refractivity contribution in [3.63, 3.8) is 0 Å². The van der Waals surface area contributed by atoms with Gasteiger partial charge >= 0.3 is 5.97 Å². The smallest absolute Gasteiger partial charge is 0.305 e. The average Bonchev–Trinajstić information content (AvgIpc) is 2.60. The topological polar surface area (TPSA) is 66.8 Å². The van der Waals surface area contributed by atoms with Crippen LogP contribution in [0.3, 0.4) is 0 Å². The summed E-state index contributed by atoms with van der Waals surface area (Å²) in [5, 5.41) is 19.5. The maximum atomic E-state index is 10.9. The highest BCUT2D eigenvalue weighted by Crippen LogP contribution is 2.06. The molecular weight excluding hydrogens is 316 g/mol. The quantitative estimate of drug-likeness (QED) is 0.279. The number of rotatable bonds is 14. The van der Waals surface area contributed by atoms with Gasteiger partial charge in [-0.2, -0.15) is 0 Å². The Labute approximate surface area is 152 Å². The minimum atomic E-state index is -0.549. The number of esters is 1. The number of carbonyl (C=O) groups excluding carboxylic acids is 1. The first-order valence-electron chi connectivity index (χ1n) is 9.19. The van der Waals surface area contributed by atoms with Gasteiger partial charge in [-0.05, 0) is 25.7 Å². The summed E-state index contributed by atoms with van der Waals surface area (Å²) < 4.78 is 4.54. The Hall–Kier alpha value is -1.65. The molecule has 0 unspecified atom stereocenters. The second kappa shape index (κ2) is 17.2. The fraction of sp³-hybridized carbons (Fsp3) is 0.571. The number of ether oxygens (including phenoxy) is 1. The van der Waals surface area contributed by atoms with Gasteiger partial charge in [0.15, 0.2) is 0 Å². The van der Waals surface area contributed by atoms with E-state index in [4.69, 9.17) is 0 Å². The normalized spacial score (nSPS) is 14.9. The van der Waals surface area contributed by atoms with Gasteiger partial charge in [-0.25, -0.2) is 0 Å². The summed E-state index contributed by atoms with van der Waals surface area (Å²) in [5.41, 5.74) is 0. The molecule has 4 nitrogen and oxygen atoms in total. The van der Waals surface area contributed by atoms with Crippen molar-refractivity contribution in [2.24, 2.45) is 0 Å². The summed E-state index contributed by atoms with van der Waals surface area (Å²) in [4.78, 5) is 10.9. The molecule has 0 rings (SSSR count). The SMILES string of the molecule is CCCCC[C@@H](O)C/C=C/C=C\C=C\C=C\[C@@H](O)CCCC(=O)OC. The van der Waals surface area contributed by atoms with Gasteiger partial charge in [-0.15, -0.1) is 0 Å². The van der Waals surface area contributed by atoms with Crippen molar-refractivity contribution >= 4 is 5.97 Å². The zero-order valence-corrected chi connectivity index (χ0v) is 15.6. The summed E-state index contributed by atoms with van der Waals surface area (Å²) in [5.74, 6) is -0.247. The van der Waals surface area contributed by atoms with Crippen LogP contribution in [0.25, 0.3) is 0 Å². The van der Waals surface area contributed by atoms with E-state index >= 15 is 0 Å². The summed E-state index contributed by atoms with van der Waals surface area (Å²) in [6.07, 6.45) is 20.6. The molecule has 0 saturated heterocycles. The van der Waals surface area contributed by atoms with Crippen molar-refractivity contribution in [3.05, 3.63) is 48.6 Å². The number of aliphatic hydroxyl groups is 2. The monoisotopic (exact) mass is 350 g/mol. The molecule has 25 heavy (non-hydrogen) atoms. The molecule has 0 heterocycles. The third kappa shape index (κ3) is 17.0. The zero-order valence-electron chi connectivity index (χ0n) is 15.6. The van der Waals surface area contributed by atoms with Crippen LogP contribution in [0.15, 0.2) is 48.6 Å². The summed E-state index contributed by atoms with van der Waals surface area (Å²) in [7, 11) is 1.36. The van der Waals surface area contributed by atoms with Crippen LogP contribution in [0.5, 0.6) is 0 Å². The lowest BCUT2D eigenvalue weighted by atomic mass is 10.1. The van der Waals surface area contributed by atoms with Gasteiger partial charge in [0.05, 0.1) is 19.3 Å². The van der Waals surface area contributed by atoms with Crippen LogP contribution >= 0.6 is 0 Å². The number of methoxy groups -OCH3 is 1. The minimum absolute atomic E-state index is 0.240. The van der Waals surface area contributed by atoms with E-state index in [9.17, 15) is 15.0 Å². The third-order valence-electron chi connectivity index (χ3n) is 3.68. The van der Waals surface area contributed by atoms with Crippen molar-refractivity contribution in [2.75, 3.05) is 7.11 Å². The number of carbonyl (C=O) groups is 1. The van der Waals surface area contributed by atoms with E-state index in [1.165, 1.54) is 20.0 Å². The molecule has 0 amide bonds. The van der Waals surface area contributed by atoms with Crippen molar-refractivity contribution in [1.82, 2.24) is 0 Å².